The summed E-state index contributed by atoms with van der Waals surface area (Å²) < 4.78 is 0. The summed E-state index contributed by atoms with van der Waals surface area (Å²) in [6.07, 6.45) is 9.34. The molecule has 0 bridgehead atoms. The first-order valence-corrected chi connectivity index (χ1v) is 4.30. The van der Waals surface area contributed by atoms with Crippen molar-refractivity contribution in [2.45, 2.75) is 38.5 Å². The number of unbranched alkanes of at least 4 members (excludes halogenated alkanes) is 4. The van der Waals surface area contributed by atoms with Crippen LogP contribution in [-0.2, 0) is 0 Å². The van der Waals surface area contributed by atoms with E-state index in [1.54, 1.807) is 0 Å². The van der Waals surface area contributed by atoms with Crippen molar-refractivity contribution in [3.05, 3.63) is 12.2 Å². The van der Waals surface area contributed by atoms with Crippen LogP contribution in [0.5, 0.6) is 0 Å². The van der Waals surface area contributed by atoms with Crippen LogP contribution >= 0.6 is 0 Å². The van der Waals surface area contributed by atoms with E-state index in [1.807, 2.05) is 0 Å². The fraction of sp³-hybridized carbons (Fsp3) is 0.600. The molecule has 0 saturated heterocycles. The van der Waals surface area contributed by atoms with Gasteiger partial charge in [-0.2, -0.15) is 10.5 Å². The maximum Gasteiger partial charge on any atom is 0.0621 e. The first-order chi connectivity index (χ1) is 5.91. The van der Waals surface area contributed by atoms with Crippen molar-refractivity contribution in [3.8, 4) is 12.1 Å². The van der Waals surface area contributed by atoms with Crippen LogP contribution in [0.2, 0.25) is 0 Å². The van der Waals surface area contributed by atoms with Crippen LogP contribution in [0, 0.1) is 22.7 Å². The zero-order chi connectivity index (χ0) is 9.07. The van der Waals surface area contributed by atoms with Crippen LogP contribution in [0.15, 0.2) is 12.2 Å². The standard InChI is InChI=1S/C10H14N2/c11-9-7-5-3-1-2-4-6-8-10-12/h1-2H,3-8H2. The number of hydrogen-bond donors (Lipinski definition) is 0. The molecule has 0 aliphatic carbocycles. The fourth-order valence-electron chi connectivity index (χ4n) is 0.834. The molecule has 64 valence electrons. The fourth-order valence-corrected chi connectivity index (χ4v) is 0.834. The smallest absolute Gasteiger partial charge is 0.0621 e. The highest BCUT2D eigenvalue weighted by atomic mass is 14.2. The van der Waals surface area contributed by atoms with Crippen molar-refractivity contribution in [1.29, 1.82) is 10.5 Å². The molecule has 0 atom stereocenters. The molecule has 0 aromatic rings. The molecule has 12 heavy (non-hydrogen) atoms. The van der Waals surface area contributed by atoms with Gasteiger partial charge in [-0.3, -0.25) is 0 Å². The Balaban J connectivity index is 3.06. The SMILES string of the molecule is N#CCCCC=CCCCC#N. The van der Waals surface area contributed by atoms with Crippen molar-refractivity contribution >= 4 is 0 Å². The van der Waals surface area contributed by atoms with Crippen LogP contribution in [0.3, 0.4) is 0 Å². The maximum atomic E-state index is 8.23. The molecule has 0 rings (SSSR count). The lowest BCUT2D eigenvalue weighted by atomic mass is 10.2. The van der Waals surface area contributed by atoms with E-state index in [0.29, 0.717) is 12.8 Å². The Morgan fingerprint density at radius 2 is 1.25 bits per heavy atom. The number of allylic oxidation sites excluding steroid dienone is 2. The molecule has 0 aromatic heterocycles. The van der Waals surface area contributed by atoms with Crippen molar-refractivity contribution in [2.75, 3.05) is 0 Å². The Morgan fingerprint density at radius 3 is 1.58 bits per heavy atom. The van der Waals surface area contributed by atoms with E-state index in [-0.39, 0.29) is 0 Å². The van der Waals surface area contributed by atoms with Gasteiger partial charge in [0, 0.05) is 12.8 Å². The molecule has 2 heteroatoms. The zero-order valence-electron chi connectivity index (χ0n) is 7.29. The lowest BCUT2D eigenvalue weighted by molar-refractivity contribution is 0.849. The van der Waals surface area contributed by atoms with Gasteiger partial charge in [-0.25, -0.2) is 0 Å². The van der Waals surface area contributed by atoms with E-state index in [0.717, 1.165) is 25.7 Å². The zero-order valence-corrected chi connectivity index (χ0v) is 7.29. The highest BCUT2D eigenvalue weighted by Gasteiger charge is 1.82. The molecule has 0 aliphatic rings. The Labute approximate surface area is 74.1 Å². The Kier molecular flexibility index (Phi) is 8.68. The van der Waals surface area contributed by atoms with Gasteiger partial charge in [-0.1, -0.05) is 12.2 Å². The van der Waals surface area contributed by atoms with E-state index in [2.05, 4.69) is 24.3 Å². The van der Waals surface area contributed by atoms with Crippen molar-refractivity contribution in [1.82, 2.24) is 0 Å². The number of hydrogen-bond acceptors (Lipinski definition) is 2. The first kappa shape index (κ1) is 10.7. The molecule has 0 amide bonds. The number of nitriles is 2. The normalized spacial score (nSPS) is 9.50. The van der Waals surface area contributed by atoms with Gasteiger partial charge < -0.3 is 0 Å². The number of rotatable bonds is 6. The third-order valence-electron chi connectivity index (χ3n) is 1.49. The quantitative estimate of drug-likeness (QED) is 0.445. The van der Waals surface area contributed by atoms with Gasteiger partial charge in [0.1, 0.15) is 0 Å². The van der Waals surface area contributed by atoms with Crippen LogP contribution in [0.25, 0.3) is 0 Å². The molecule has 0 fully saturated rings. The summed E-state index contributed by atoms with van der Waals surface area (Å²) in [6.45, 7) is 0. The van der Waals surface area contributed by atoms with E-state index in [9.17, 15) is 0 Å². The molecular weight excluding hydrogens is 148 g/mol. The molecule has 0 heterocycles. The second kappa shape index (κ2) is 9.72. The predicted octanol–water partition coefficient (Wildman–Crippen LogP) is 2.93. The van der Waals surface area contributed by atoms with Gasteiger partial charge in [0.05, 0.1) is 12.1 Å². The topological polar surface area (TPSA) is 47.6 Å². The maximum absolute atomic E-state index is 8.23. The van der Waals surface area contributed by atoms with E-state index in [1.165, 1.54) is 0 Å². The lowest BCUT2D eigenvalue weighted by Gasteiger charge is -1.88. The summed E-state index contributed by atoms with van der Waals surface area (Å²) in [5, 5.41) is 16.5. The summed E-state index contributed by atoms with van der Waals surface area (Å²) >= 11 is 0. The van der Waals surface area contributed by atoms with Gasteiger partial charge in [-0.15, -0.1) is 0 Å². The van der Waals surface area contributed by atoms with Crippen molar-refractivity contribution in [3.63, 3.8) is 0 Å². The van der Waals surface area contributed by atoms with Crippen LogP contribution in [0.1, 0.15) is 38.5 Å². The third kappa shape index (κ3) is 8.72. The van der Waals surface area contributed by atoms with Gasteiger partial charge in [-0.05, 0) is 25.7 Å². The van der Waals surface area contributed by atoms with E-state index in [4.69, 9.17) is 10.5 Å². The van der Waals surface area contributed by atoms with Crippen molar-refractivity contribution in [2.24, 2.45) is 0 Å². The first-order valence-electron chi connectivity index (χ1n) is 4.30. The minimum atomic E-state index is 0.641. The summed E-state index contributed by atoms with van der Waals surface area (Å²) in [7, 11) is 0. The molecule has 0 saturated carbocycles. The molecule has 0 aliphatic heterocycles. The van der Waals surface area contributed by atoms with Gasteiger partial charge in [0.15, 0.2) is 0 Å². The van der Waals surface area contributed by atoms with Gasteiger partial charge >= 0.3 is 0 Å². The minimum absolute atomic E-state index is 0.641. The molecule has 0 spiro atoms. The summed E-state index contributed by atoms with van der Waals surface area (Å²) in [6, 6.07) is 4.20. The molecule has 0 unspecified atom stereocenters. The second-order valence-electron chi connectivity index (χ2n) is 2.57. The van der Waals surface area contributed by atoms with Gasteiger partial charge in [0.25, 0.3) is 0 Å². The van der Waals surface area contributed by atoms with E-state index >= 15 is 0 Å². The molecule has 2 nitrogen and oxygen atoms in total. The average Bonchev–Trinajstić information content (AvgIpc) is 2.10. The predicted molar refractivity (Wildman–Crippen MR) is 48.1 cm³/mol. The summed E-state index contributed by atoms with van der Waals surface area (Å²) in [4.78, 5) is 0. The summed E-state index contributed by atoms with van der Waals surface area (Å²) in [5.74, 6) is 0. The second-order valence-corrected chi connectivity index (χ2v) is 2.57. The van der Waals surface area contributed by atoms with E-state index < -0.39 is 0 Å². The average molecular weight is 162 g/mol. The molecule has 0 radical (unpaired) electrons. The third-order valence-corrected chi connectivity index (χ3v) is 1.49. The van der Waals surface area contributed by atoms with Gasteiger partial charge in [0.2, 0.25) is 0 Å². The van der Waals surface area contributed by atoms with Crippen LogP contribution in [0.4, 0.5) is 0 Å². The highest BCUT2D eigenvalue weighted by molar-refractivity contribution is 4.84. The molecular formula is C10H14N2. The van der Waals surface area contributed by atoms with Crippen LogP contribution < -0.4 is 0 Å². The minimum Gasteiger partial charge on any atom is -0.198 e. The molecule has 0 N–H and O–H groups in total. The molecule has 0 aromatic carbocycles. The van der Waals surface area contributed by atoms with Crippen LogP contribution in [-0.4, -0.2) is 0 Å². The Morgan fingerprint density at radius 1 is 0.833 bits per heavy atom. The largest absolute Gasteiger partial charge is 0.198 e. The Bertz CT molecular complexity index is 171. The lowest BCUT2D eigenvalue weighted by Crippen LogP contribution is -1.71. The van der Waals surface area contributed by atoms with Crippen molar-refractivity contribution < 1.29 is 0 Å². The number of nitrogens with zero attached hydrogens (tertiary/aromatic N) is 2. The monoisotopic (exact) mass is 162 g/mol. The highest BCUT2D eigenvalue weighted by Crippen LogP contribution is 1.99. The Hall–Kier alpha value is -1.28. The summed E-state index contributed by atoms with van der Waals surface area (Å²) in [5.41, 5.74) is 0.